The SMILES string of the molecule is C[C@H](NS(=O)(=O)c1nnc(NC(=O)c2ccc(Cl)cc2Cl)s1)c1ccc(N2CCCCC2)cc1. The Hall–Kier alpha value is -2.24. The fourth-order valence-corrected chi connectivity index (χ4v) is 6.32. The molecule has 4 rings (SSSR count). The first kappa shape index (κ1) is 24.9. The van der Waals surface area contributed by atoms with Crippen LogP contribution in [-0.4, -0.2) is 37.6 Å². The van der Waals surface area contributed by atoms with Gasteiger partial charge in [-0.1, -0.05) is 46.7 Å². The van der Waals surface area contributed by atoms with E-state index in [1.54, 1.807) is 6.92 Å². The van der Waals surface area contributed by atoms with E-state index in [2.05, 4.69) is 25.1 Å². The van der Waals surface area contributed by atoms with Crippen LogP contribution in [0.1, 0.15) is 48.1 Å². The molecule has 1 aromatic heterocycles. The van der Waals surface area contributed by atoms with Crippen molar-refractivity contribution in [3.63, 3.8) is 0 Å². The van der Waals surface area contributed by atoms with E-state index in [0.29, 0.717) is 5.02 Å². The normalized spacial score (nSPS) is 15.2. The van der Waals surface area contributed by atoms with E-state index >= 15 is 0 Å². The number of hydrogen-bond acceptors (Lipinski definition) is 7. The smallest absolute Gasteiger partial charge is 0.270 e. The number of aromatic nitrogens is 2. The molecule has 1 amide bonds. The van der Waals surface area contributed by atoms with Crippen LogP contribution in [0.3, 0.4) is 0 Å². The predicted octanol–water partition coefficient (Wildman–Crippen LogP) is 5.13. The number of carbonyl (C=O) groups excluding carboxylic acids is 1. The molecule has 2 N–H and O–H groups in total. The summed E-state index contributed by atoms with van der Waals surface area (Å²) in [6.45, 7) is 3.85. The molecular formula is C22H23Cl2N5O3S2. The lowest BCUT2D eigenvalue weighted by Gasteiger charge is -2.29. The van der Waals surface area contributed by atoms with Crippen LogP contribution < -0.4 is 14.9 Å². The van der Waals surface area contributed by atoms with Crippen LogP contribution in [0.5, 0.6) is 0 Å². The molecule has 1 aliphatic heterocycles. The number of rotatable bonds is 7. The van der Waals surface area contributed by atoms with Crippen LogP contribution in [0.2, 0.25) is 10.0 Å². The summed E-state index contributed by atoms with van der Waals surface area (Å²) in [6, 6.07) is 11.9. The highest BCUT2D eigenvalue weighted by Crippen LogP contribution is 2.26. The number of piperidine rings is 1. The first-order valence-electron chi connectivity index (χ1n) is 10.7. The van der Waals surface area contributed by atoms with Crippen LogP contribution in [-0.2, 0) is 10.0 Å². The van der Waals surface area contributed by atoms with E-state index in [-0.39, 0.29) is 20.1 Å². The number of amides is 1. The van der Waals surface area contributed by atoms with E-state index in [1.807, 2.05) is 24.3 Å². The van der Waals surface area contributed by atoms with Crippen LogP contribution >= 0.6 is 34.5 Å². The summed E-state index contributed by atoms with van der Waals surface area (Å²) < 4.78 is 28.0. The Bertz CT molecular complexity index is 1280. The van der Waals surface area contributed by atoms with E-state index < -0.39 is 22.0 Å². The Morgan fingerprint density at radius 1 is 1.06 bits per heavy atom. The number of nitrogens with one attached hydrogen (secondary N) is 2. The lowest BCUT2D eigenvalue weighted by atomic mass is 10.1. The van der Waals surface area contributed by atoms with Crippen molar-refractivity contribution < 1.29 is 13.2 Å². The molecule has 3 aromatic rings. The van der Waals surface area contributed by atoms with E-state index in [9.17, 15) is 13.2 Å². The first-order chi connectivity index (χ1) is 16.2. The van der Waals surface area contributed by atoms with Gasteiger partial charge in [-0.25, -0.2) is 13.1 Å². The molecule has 8 nitrogen and oxygen atoms in total. The Kier molecular flexibility index (Phi) is 7.73. The molecule has 2 aromatic carbocycles. The second-order valence-electron chi connectivity index (χ2n) is 7.93. The Morgan fingerprint density at radius 3 is 2.44 bits per heavy atom. The van der Waals surface area contributed by atoms with Gasteiger partial charge in [0.05, 0.1) is 10.6 Å². The maximum atomic E-state index is 12.8. The summed E-state index contributed by atoms with van der Waals surface area (Å²) in [5, 5.41) is 10.6. The van der Waals surface area contributed by atoms with Crippen molar-refractivity contribution >= 4 is 61.3 Å². The minimum absolute atomic E-state index is 0.0370. The average Bonchev–Trinajstić information content (AvgIpc) is 3.29. The van der Waals surface area contributed by atoms with E-state index in [1.165, 1.54) is 37.5 Å². The Morgan fingerprint density at radius 2 is 1.76 bits per heavy atom. The van der Waals surface area contributed by atoms with Crippen molar-refractivity contribution in [2.75, 3.05) is 23.3 Å². The minimum atomic E-state index is -3.94. The molecule has 0 saturated carbocycles. The molecule has 0 spiro atoms. The van der Waals surface area contributed by atoms with Gasteiger partial charge in [0.2, 0.25) is 9.47 Å². The molecule has 1 saturated heterocycles. The molecule has 1 atom stereocenters. The summed E-state index contributed by atoms with van der Waals surface area (Å²) in [5.41, 5.74) is 2.16. The molecule has 12 heteroatoms. The highest BCUT2D eigenvalue weighted by atomic mass is 35.5. The van der Waals surface area contributed by atoms with Gasteiger partial charge in [0.1, 0.15) is 0 Å². The molecule has 1 aliphatic rings. The van der Waals surface area contributed by atoms with Gasteiger partial charge >= 0.3 is 0 Å². The Balaban J connectivity index is 1.41. The topological polar surface area (TPSA) is 104 Å². The molecule has 0 radical (unpaired) electrons. The maximum Gasteiger partial charge on any atom is 0.270 e. The van der Waals surface area contributed by atoms with Gasteiger partial charge in [-0.3, -0.25) is 10.1 Å². The third kappa shape index (κ3) is 5.87. The summed E-state index contributed by atoms with van der Waals surface area (Å²) in [5.74, 6) is -0.545. The molecule has 0 aliphatic carbocycles. The van der Waals surface area contributed by atoms with Crippen molar-refractivity contribution in [3.05, 3.63) is 63.6 Å². The average molecular weight is 540 g/mol. The molecular weight excluding hydrogens is 517 g/mol. The number of hydrogen-bond donors (Lipinski definition) is 2. The number of benzene rings is 2. The van der Waals surface area contributed by atoms with Gasteiger partial charge in [-0.15, -0.1) is 10.2 Å². The monoisotopic (exact) mass is 539 g/mol. The van der Waals surface area contributed by atoms with Crippen LogP contribution in [0, 0.1) is 0 Å². The Labute approximate surface area is 212 Å². The van der Waals surface area contributed by atoms with Gasteiger partial charge in [0, 0.05) is 29.8 Å². The number of sulfonamides is 1. The molecule has 0 bridgehead atoms. The quantitative estimate of drug-likeness (QED) is 0.403. The van der Waals surface area contributed by atoms with Crippen LogP contribution in [0.25, 0.3) is 0 Å². The minimum Gasteiger partial charge on any atom is -0.372 e. The molecule has 1 fully saturated rings. The fourth-order valence-electron chi connectivity index (χ4n) is 3.68. The summed E-state index contributed by atoms with van der Waals surface area (Å²) >= 11 is 12.7. The van der Waals surface area contributed by atoms with Gasteiger partial charge in [-0.2, -0.15) is 0 Å². The van der Waals surface area contributed by atoms with E-state index in [0.717, 1.165) is 35.7 Å². The number of anilines is 2. The standard InChI is InChI=1S/C22H23Cl2N5O3S2/c1-14(15-5-8-17(9-6-15)29-11-3-2-4-12-29)28-34(31,32)22-27-26-21(33-22)25-20(30)18-10-7-16(23)13-19(18)24/h5-10,13-14,28H,2-4,11-12H2,1H3,(H,25,26,30)/t14-/m0/s1. The van der Waals surface area contributed by atoms with Crippen LogP contribution in [0.4, 0.5) is 10.8 Å². The van der Waals surface area contributed by atoms with Crippen molar-refractivity contribution in [2.45, 2.75) is 36.6 Å². The number of halogens is 2. The van der Waals surface area contributed by atoms with Gasteiger partial charge < -0.3 is 4.90 Å². The predicted molar refractivity (Wildman–Crippen MR) is 136 cm³/mol. The van der Waals surface area contributed by atoms with Gasteiger partial charge in [0.25, 0.3) is 15.9 Å². The zero-order chi connectivity index (χ0) is 24.3. The van der Waals surface area contributed by atoms with E-state index in [4.69, 9.17) is 23.2 Å². The zero-order valence-corrected chi connectivity index (χ0v) is 21.4. The van der Waals surface area contributed by atoms with Gasteiger partial charge in [0.15, 0.2) is 0 Å². The zero-order valence-electron chi connectivity index (χ0n) is 18.3. The fraction of sp³-hybridized carbons (Fsp3) is 0.318. The second-order valence-corrected chi connectivity index (χ2v) is 11.6. The third-order valence-corrected chi connectivity index (χ3v) is 8.77. The lowest BCUT2D eigenvalue weighted by Crippen LogP contribution is -2.29. The van der Waals surface area contributed by atoms with Crippen molar-refractivity contribution in [3.8, 4) is 0 Å². The molecule has 2 heterocycles. The highest BCUT2D eigenvalue weighted by Gasteiger charge is 2.24. The lowest BCUT2D eigenvalue weighted by molar-refractivity contribution is 0.102. The third-order valence-electron chi connectivity index (χ3n) is 5.48. The molecule has 180 valence electrons. The summed E-state index contributed by atoms with van der Waals surface area (Å²) in [6.07, 6.45) is 3.64. The summed E-state index contributed by atoms with van der Waals surface area (Å²) in [4.78, 5) is 14.8. The van der Waals surface area contributed by atoms with Crippen molar-refractivity contribution in [1.82, 2.24) is 14.9 Å². The maximum absolute atomic E-state index is 12.8. The first-order valence-corrected chi connectivity index (χ1v) is 13.8. The summed E-state index contributed by atoms with van der Waals surface area (Å²) in [7, 11) is -3.94. The van der Waals surface area contributed by atoms with Crippen LogP contribution in [0.15, 0.2) is 46.8 Å². The highest BCUT2D eigenvalue weighted by molar-refractivity contribution is 7.91. The molecule has 0 unspecified atom stereocenters. The van der Waals surface area contributed by atoms with Crippen molar-refractivity contribution in [1.29, 1.82) is 0 Å². The second kappa shape index (κ2) is 10.6. The largest absolute Gasteiger partial charge is 0.372 e. The number of carbonyl (C=O) groups is 1. The van der Waals surface area contributed by atoms with Gasteiger partial charge in [-0.05, 0) is 62.1 Å². The molecule has 34 heavy (non-hydrogen) atoms. The van der Waals surface area contributed by atoms with Crippen molar-refractivity contribution in [2.24, 2.45) is 0 Å². The number of nitrogens with zero attached hydrogens (tertiary/aromatic N) is 3.